The molecule has 2 aromatic carbocycles. The third-order valence-corrected chi connectivity index (χ3v) is 4.09. The van der Waals surface area contributed by atoms with Crippen LogP contribution in [0.1, 0.15) is 28.4 Å². The molecule has 28 heavy (non-hydrogen) atoms. The highest BCUT2D eigenvalue weighted by atomic mass is 127. The molecule has 0 atom stereocenters. The quantitative estimate of drug-likeness (QED) is 0.299. The first kappa shape index (κ1) is 23.7. The zero-order valence-corrected chi connectivity index (χ0v) is 18.9. The van der Waals surface area contributed by atoms with Gasteiger partial charge in [-0.1, -0.05) is 30.3 Å². The molecule has 7 heteroatoms. The van der Waals surface area contributed by atoms with E-state index >= 15 is 0 Å². The van der Waals surface area contributed by atoms with Gasteiger partial charge in [0.05, 0.1) is 13.7 Å². The Labute approximate surface area is 184 Å². The molecule has 0 aromatic heterocycles. The number of nitrogens with one attached hydrogen (secondary N) is 3. The lowest BCUT2D eigenvalue weighted by Crippen LogP contribution is -2.38. The van der Waals surface area contributed by atoms with Gasteiger partial charge in [0.2, 0.25) is 0 Å². The summed E-state index contributed by atoms with van der Waals surface area (Å²) < 4.78 is 5.39. The van der Waals surface area contributed by atoms with Crippen molar-refractivity contribution in [1.82, 2.24) is 16.0 Å². The van der Waals surface area contributed by atoms with Gasteiger partial charge in [0.25, 0.3) is 5.91 Å². The number of carbonyl (C=O) groups excluding carboxylic acids is 1. The van der Waals surface area contributed by atoms with Crippen LogP contribution < -0.4 is 20.7 Å². The minimum Gasteiger partial charge on any atom is -0.496 e. The standard InChI is InChI=1S/C21H28N4O2.HI/c1-4-23-21(24-14-13-17-7-5-6-8-19(17)27-3)25-15-16-9-11-18(12-10-16)20(26)22-2;/h5-12H,4,13-15H2,1-3H3,(H,22,26)(H2,23,24,25);1H. The molecule has 0 aliphatic heterocycles. The Balaban J connectivity index is 0.00000392. The second kappa shape index (κ2) is 13.0. The zero-order valence-electron chi connectivity index (χ0n) is 16.6. The number of hydrogen-bond donors (Lipinski definition) is 3. The van der Waals surface area contributed by atoms with Crippen LogP contribution in [0.5, 0.6) is 5.75 Å². The molecule has 0 fully saturated rings. The van der Waals surface area contributed by atoms with Crippen LogP contribution in [0.15, 0.2) is 53.5 Å². The lowest BCUT2D eigenvalue weighted by Gasteiger charge is -2.13. The molecular weight excluding hydrogens is 467 g/mol. The summed E-state index contributed by atoms with van der Waals surface area (Å²) in [6.45, 7) is 4.12. The molecule has 3 N–H and O–H groups in total. The normalized spacial score (nSPS) is 10.6. The van der Waals surface area contributed by atoms with Crippen LogP contribution in [-0.2, 0) is 13.0 Å². The Kier molecular flexibility index (Phi) is 11.0. The van der Waals surface area contributed by atoms with E-state index in [0.29, 0.717) is 12.1 Å². The number of methoxy groups -OCH3 is 1. The minimum atomic E-state index is -0.0867. The summed E-state index contributed by atoms with van der Waals surface area (Å²) in [7, 11) is 3.31. The van der Waals surface area contributed by atoms with Crippen molar-refractivity contribution in [1.29, 1.82) is 0 Å². The third kappa shape index (κ3) is 7.38. The van der Waals surface area contributed by atoms with Gasteiger partial charge in [0.1, 0.15) is 5.75 Å². The van der Waals surface area contributed by atoms with E-state index in [1.165, 1.54) is 0 Å². The molecule has 0 spiro atoms. The lowest BCUT2D eigenvalue weighted by molar-refractivity contribution is 0.0963. The lowest BCUT2D eigenvalue weighted by atomic mass is 10.1. The molecule has 1 amide bonds. The first-order chi connectivity index (χ1) is 13.2. The van der Waals surface area contributed by atoms with Crippen LogP contribution in [0.25, 0.3) is 0 Å². The third-order valence-electron chi connectivity index (χ3n) is 4.09. The molecule has 0 heterocycles. The maximum Gasteiger partial charge on any atom is 0.251 e. The SMILES string of the molecule is CCNC(=NCc1ccc(C(=O)NC)cc1)NCCc1ccccc1OC.I. The summed E-state index contributed by atoms with van der Waals surface area (Å²) in [5.74, 6) is 1.58. The number of guanidine groups is 1. The summed E-state index contributed by atoms with van der Waals surface area (Å²) in [6, 6.07) is 15.5. The fraction of sp³-hybridized carbons (Fsp3) is 0.333. The molecule has 6 nitrogen and oxygen atoms in total. The largest absolute Gasteiger partial charge is 0.496 e. The van der Waals surface area contributed by atoms with Crippen LogP contribution in [0.4, 0.5) is 0 Å². The first-order valence-electron chi connectivity index (χ1n) is 9.13. The molecule has 0 radical (unpaired) electrons. The van der Waals surface area contributed by atoms with Gasteiger partial charge in [-0.3, -0.25) is 4.79 Å². The minimum absolute atomic E-state index is 0. The highest BCUT2D eigenvalue weighted by molar-refractivity contribution is 14.0. The number of rotatable bonds is 8. The average molecular weight is 496 g/mol. The van der Waals surface area contributed by atoms with Gasteiger partial charge < -0.3 is 20.7 Å². The van der Waals surface area contributed by atoms with E-state index in [1.807, 2.05) is 49.4 Å². The Morgan fingerprint density at radius 2 is 1.79 bits per heavy atom. The predicted molar refractivity (Wildman–Crippen MR) is 125 cm³/mol. The second-order valence-electron chi connectivity index (χ2n) is 5.96. The number of ether oxygens (including phenoxy) is 1. The van der Waals surface area contributed by atoms with Crippen LogP contribution >= 0.6 is 24.0 Å². The van der Waals surface area contributed by atoms with Crippen LogP contribution in [0.2, 0.25) is 0 Å². The maximum atomic E-state index is 11.6. The smallest absolute Gasteiger partial charge is 0.251 e. The van der Waals surface area contributed by atoms with Gasteiger partial charge >= 0.3 is 0 Å². The number of para-hydroxylation sites is 1. The Hall–Kier alpha value is -2.29. The average Bonchev–Trinajstić information content (AvgIpc) is 2.72. The van der Waals surface area contributed by atoms with Crippen LogP contribution in [0, 0.1) is 0 Å². The molecule has 0 aliphatic rings. The van der Waals surface area contributed by atoms with Crippen LogP contribution in [-0.4, -0.2) is 39.1 Å². The molecule has 152 valence electrons. The van der Waals surface area contributed by atoms with Crippen molar-refractivity contribution in [3.05, 3.63) is 65.2 Å². The molecule has 0 saturated heterocycles. The van der Waals surface area contributed by atoms with Crippen LogP contribution in [0.3, 0.4) is 0 Å². The number of halogens is 1. The van der Waals surface area contributed by atoms with E-state index < -0.39 is 0 Å². The van der Waals surface area contributed by atoms with Crippen molar-refractivity contribution in [2.75, 3.05) is 27.2 Å². The number of aliphatic imine (C=N–C) groups is 1. The highest BCUT2D eigenvalue weighted by Crippen LogP contribution is 2.17. The van der Waals surface area contributed by atoms with Gasteiger partial charge in [-0.2, -0.15) is 0 Å². The summed E-state index contributed by atoms with van der Waals surface area (Å²) in [4.78, 5) is 16.2. The topological polar surface area (TPSA) is 74.8 Å². The molecule has 0 unspecified atom stereocenters. The molecule has 0 saturated carbocycles. The van der Waals surface area contributed by atoms with E-state index in [2.05, 4.69) is 27.0 Å². The highest BCUT2D eigenvalue weighted by Gasteiger charge is 2.04. The molecule has 2 aromatic rings. The Bertz CT molecular complexity index is 763. The number of nitrogens with zero attached hydrogens (tertiary/aromatic N) is 1. The van der Waals surface area contributed by atoms with Crippen molar-refractivity contribution < 1.29 is 9.53 Å². The van der Waals surface area contributed by atoms with Gasteiger partial charge in [-0.05, 0) is 42.7 Å². The van der Waals surface area contributed by atoms with Gasteiger partial charge in [-0.25, -0.2) is 4.99 Å². The number of benzene rings is 2. The second-order valence-corrected chi connectivity index (χ2v) is 5.96. The van der Waals surface area contributed by atoms with Crippen molar-refractivity contribution in [3.8, 4) is 5.75 Å². The van der Waals surface area contributed by atoms with E-state index in [0.717, 1.165) is 42.3 Å². The summed E-state index contributed by atoms with van der Waals surface area (Å²) in [5, 5.41) is 9.22. The van der Waals surface area contributed by atoms with Gasteiger partial charge in [0.15, 0.2) is 5.96 Å². The number of amides is 1. The van der Waals surface area contributed by atoms with E-state index in [1.54, 1.807) is 14.2 Å². The fourth-order valence-corrected chi connectivity index (χ4v) is 2.64. The van der Waals surface area contributed by atoms with Gasteiger partial charge in [-0.15, -0.1) is 24.0 Å². The molecule has 2 rings (SSSR count). The van der Waals surface area contributed by atoms with Crippen molar-refractivity contribution in [2.45, 2.75) is 19.9 Å². The monoisotopic (exact) mass is 496 g/mol. The fourth-order valence-electron chi connectivity index (χ4n) is 2.64. The Morgan fingerprint density at radius 1 is 1.07 bits per heavy atom. The zero-order chi connectivity index (χ0) is 19.5. The predicted octanol–water partition coefficient (Wildman–Crippen LogP) is 2.97. The van der Waals surface area contributed by atoms with Crippen molar-refractivity contribution >= 4 is 35.8 Å². The van der Waals surface area contributed by atoms with Gasteiger partial charge in [0, 0.05) is 25.7 Å². The van der Waals surface area contributed by atoms with Crippen molar-refractivity contribution in [3.63, 3.8) is 0 Å². The first-order valence-corrected chi connectivity index (χ1v) is 9.13. The number of hydrogen-bond acceptors (Lipinski definition) is 3. The Morgan fingerprint density at radius 3 is 2.43 bits per heavy atom. The molecular formula is C21H29IN4O2. The van der Waals surface area contributed by atoms with Crippen molar-refractivity contribution in [2.24, 2.45) is 4.99 Å². The van der Waals surface area contributed by atoms with E-state index in [-0.39, 0.29) is 29.9 Å². The summed E-state index contributed by atoms with van der Waals surface area (Å²) in [6.07, 6.45) is 0.843. The van der Waals surface area contributed by atoms with E-state index in [9.17, 15) is 4.79 Å². The number of carbonyl (C=O) groups is 1. The van der Waals surface area contributed by atoms with E-state index in [4.69, 9.17) is 4.74 Å². The summed E-state index contributed by atoms with van der Waals surface area (Å²) in [5.41, 5.74) is 2.85. The molecule has 0 bridgehead atoms. The summed E-state index contributed by atoms with van der Waals surface area (Å²) >= 11 is 0. The maximum absolute atomic E-state index is 11.6. The molecule has 0 aliphatic carbocycles.